The van der Waals surface area contributed by atoms with Gasteiger partial charge in [-0.2, -0.15) is 5.10 Å². The van der Waals surface area contributed by atoms with Crippen LogP contribution in [0.1, 0.15) is 21.5 Å². The average molecular weight is 516 g/mol. The van der Waals surface area contributed by atoms with Crippen LogP contribution in [0.25, 0.3) is 0 Å². The van der Waals surface area contributed by atoms with Crippen molar-refractivity contribution in [3.63, 3.8) is 0 Å². The lowest BCUT2D eigenvalue weighted by Crippen LogP contribution is -2.19. The Kier molecular flexibility index (Phi) is 8.17. The van der Waals surface area contributed by atoms with Gasteiger partial charge in [0.1, 0.15) is 18.1 Å². The number of carbonyl (C=O) groups is 1. The van der Waals surface area contributed by atoms with Gasteiger partial charge in [-0.05, 0) is 65.7 Å². The normalized spacial score (nSPS) is 11.2. The molecule has 0 spiro atoms. The molecule has 8 nitrogen and oxygen atoms in total. The zero-order valence-electron chi connectivity index (χ0n) is 20.0. The van der Waals surface area contributed by atoms with E-state index in [-0.39, 0.29) is 10.5 Å². The minimum Gasteiger partial charge on any atom is -0.495 e. The largest absolute Gasteiger partial charge is 0.495 e. The van der Waals surface area contributed by atoms with Gasteiger partial charge in [0, 0.05) is 5.56 Å². The van der Waals surface area contributed by atoms with Crippen LogP contribution in [0.3, 0.4) is 0 Å². The third-order valence-electron chi connectivity index (χ3n) is 5.27. The van der Waals surface area contributed by atoms with E-state index in [1.165, 1.54) is 37.6 Å². The van der Waals surface area contributed by atoms with E-state index in [1.54, 1.807) is 24.3 Å². The van der Waals surface area contributed by atoms with Crippen molar-refractivity contribution in [2.45, 2.75) is 11.5 Å². The first-order chi connectivity index (χ1) is 17.9. The van der Waals surface area contributed by atoms with Crippen molar-refractivity contribution in [2.24, 2.45) is 5.10 Å². The van der Waals surface area contributed by atoms with Crippen molar-refractivity contribution in [1.29, 1.82) is 0 Å². The van der Waals surface area contributed by atoms with Gasteiger partial charge in [0.05, 0.1) is 23.9 Å². The third kappa shape index (κ3) is 6.96. The zero-order valence-corrected chi connectivity index (χ0v) is 20.8. The molecule has 0 aromatic heterocycles. The van der Waals surface area contributed by atoms with E-state index < -0.39 is 15.9 Å². The van der Waals surface area contributed by atoms with Crippen molar-refractivity contribution in [1.82, 2.24) is 5.43 Å². The van der Waals surface area contributed by atoms with Crippen LogP contribution in [0.15, 0.2) is 113 Å². The van der Waals surface area contributed by atoms with Gasteiger partial charge in [-0.15, -0.1) is 0 Å². The van der Waals surface area contributed by atoms with Crippen LogP contribution in [0, 0.1) is 0 Å². The number of hydrogen-bond donors (Lipinski definition) is 2. The number of ether oxygens (including phenoxy) is 2. The molecule has 0 unspecified atom stereocenters. The summed E-state index contributed by atoms with van der Waals surface area (Å²) < 4.78 is 39.2. The molecule has 4 aromatic rings. The van der Waals surface area contributed by atoms with Gasteiger partial charge in [0.15, 0.2) is 0 Å². The molecule has 0 aliphatic carbocycles. The van der Waals surface area contributed by atoms with E-state index in [1.807, 2.05) is 54.6 Å². The molecule has 37 heavy (non-hydrogen) atoms. The summed E-state index contributed by atoms with van der Waals surface area (Å²) in [4.78, 5) is 12.5. The fourth-order valence-electron chi connectivity index (χ4n) is 3.36. The maximum absolute atomic E-state index is 12.9. The quantitative estimate of drug-likeness (QED) is 0.232. The van der Waals surface area contributed by atoms with Crippen LogP contribution in [0.5, 0.6) is 11.5 Å². The van der Waals surface area contributed by atoms with Gasteiger partial charge in [-0.1, -0.05) is 48.5 Å². The molecular weight excluding hydrogens is 490 g/mol. The molecule has 0 saturated carbocycles. The number of benzene rings is 4. The van der Waals surface area contributed by atoms with Crippen molar-refractivity contribution >= 4 is 27.8 Å². The summed E-state index contributed by atoms with van der Waals surface area (Å²) in [7, 11) is -2.50. The molecule has 4 aromatic carbocycles. The van der Waals surface area contributed by atoms with Crippen LogP contribution in [-0.2, 0) is 16.6 Å². The highest BCUT2D eigenvalue weighted by atomic mass is 32.2. The number of para-hydroxylation sites is 2. The number of sulfonamides is 1. The Labute approximate surface area is 215 Å². The van der Waals surface area contributed by atoms with Crippen LogP contribution >= 0.6 is 0 Å². The van der Waals surface area contributed by atoms with Crippen molar-refractivity contribution in [3.05, 3.63) is 120 Å². The van der Waals surface area contributed by atoms with Gasteiger partial charge in [0.2, 0.25) is 0 Å². The molecule has 2 N–H and O–H groups in total. The van der Waals surface area contributed by atoms with Gasteiger partial charge in [-0.3, -0.25) is 9.52 Å². The number of nitrogens with one attached hydrogen (secondary N) is 2. The Bertz CT molecular complexity index is 1490. The number of hydrazone groups is 1. The van der Waals surface area contributed by atoms with Crippen LogP contribution in [0.4, 0.5) is 5.69 Å². The molecule has 0 saturated heterocycles. The van der Waals surface area contributed by atoms with Crippen molar-refractivity contribution < 1.29 is 22.7 Å². The van der Waals surface area contributed by atoms with E-state index in [0.717, 1.165) is 11.1 Å². The predicted octanol–water partition coefficient (Wildman–Crippen LogP) is 4.84. The van der Waals surface area contributed by atoms with Gasteiger partial charge >= 0.3 is 0 Å². The van der Waals surface area contributed by atoms with Crippen molar-refractivity contribution in [3.8, 4) is 11.5 Å². The van der Waals surface area contributed by atoms with E-state index >= 15 is 0 Å². The van der Waals surface area contributed by atoms with Gasteiger partial charge < -0.3 is 9.47 Å². The van der Waals surface area contributed by atoms with E-state index in [0.29, 0.717) is 23.8 Å². The lowest BCUT2D eigenvalue weighted by molar-refractivity contribution is 0.0955. The minimum atomic E-state index is -3.95. The summed E-state index contributed by atoms with van der Waals surface area (Å²) in [5, 5.41) is 3.98. The maximum Gasteiger partial charge on any atom is 0.271 e. The molecule has 0 aliphatic rings. The summed E-state index contributed by atoms with van der Waals surface area (Å²) in [6.45, 7) is 0.466. The highest BCUT2D eigenvalue weighted by molar-refractivity contribution is 7.92. The topological polar surface area (TPSA) is 106 Å². The zero-order chi connectivity index (χ0) is 26.1. The smallest absolute Gasteiger partial charge is 0.271 e. The molecule has 0 radical (unpaired) electrons. The Hall–Kier alpha value is -4.63. The fraction of sp³-hybridized carbons (Fsp3) is 0.0714. The highest BCUT2D eigenvalue weighted by Crippen LogP contribution is 2.26. The number of methoxy groups -OCH3 is 1. The number of hydrogen-bond acceptors (Lipinski definition) is 6. The molecule has 188 valence electrons. The summed E-state index contributed by atoms with van der Waals surface area (Å²) in [6, 6.07) is 29.4. The van der Waals surface area contributed by atoms with Crippen molar-refractivity contribution in [2.75, 3.05) is 11.8 Å². The summed E-state index contributed by atoms with van der Waals surface area (Å²) in [5.41, 5.74) is 4.68. The molecule has 0 heterocycles. The lowest BCUT2D eigenvalue weighted by Gasteiger charge is -2.12. The van der Waals surface area contributed by atoms with E-state index in [9.17, 15) is 13.2 Å². The maximum atomic E-state index is 12.9. The highest BCUT2D eigenvalue weighted by Gasteiger charge is 2.18. The average Bonchev–Trinajstić information content (AvgIpc) is 2.93. The molecule has 0 fully saturated rings. The Morgan fingerprint density at radius 3 is 2.38 bits per heavy atom. The molecule has 1 amide bonds. The minimum absolute atomic E-state index is 0.0684. The predicted molar refractivity (Wildman–Crippen MR) is 143 cm³/mol. The standard InChI is InChI=1S/C28H25N3O5S/c1-35-27-13-6-5-12-26(27)31-37(33,34)25-11-7-10-23(18-25)28(32)30-29-19-21-14-16-24(17-15-21)36-20-22-8-3-2-4-9-22/h2-19,31H,20H2,1H3,(H,30,32)/b29-19-. The second kappa shape index (κ2) is 11.9. The number of rotatable bonds is 10. The number of amides is 1. The second-order valence-corrected chi connectivity index (χ2v) is 9.56. The Morgan fingerprint density at radius 2 is 1.62 bits per heavy atom. The van der Waals surface area contributed by atoms with Gasteiger partial charge in [-0.25, -0.2) is 13.8 Å². The molecule has 0 bridgehead atoms. The Balaban J connectivity index is 1.36. The van der Waals surface area contributed by atoms with E-state index in [4.69, 9.17) is 9.47 Å². The first kappa shape index (κ1) is 25.5. The van der Waals surface area contributed by atoms with Gasteiger partial charge in [0.25, 0.3) is 15.9 Å². The first-order valence-electron chi connectivity index (χ1n) is 11.3. The molecular formula is C28H25N3O5S. The molecule has 4 rings (SSSR count). The van der Waals surface area contributed by atoms with Crippen LogP contribution in [-0.4, -0.2) is 27.6 Å². The molecule has 0 atom stereocenters. The Morgan fingerprint density at radius 1 is 0.892 bits per heavy atom. The van der Waals surface area contributed by atoms with Crippen LogP contribution in [0.2, 0.25) is 0 Å². The second-order valence-electron chi connectivity index (χ2n) is 7.88. The molecule has 9 heteroatoms. The monoisotopic (exact) mass is 515 g/mol. The molecule has 0 aliphatic heterocycles. The first-order valence-corrected chi connectivity index (χ1v) is 12.8. The summed E-state index contributed by atoms with van der Waals surface area (Å²) in [5.74, 6) is 0.545. The number of nitrogens with zero attached hydrogens (tertiary/aromatic N) is 1. The lowest BCUT2D eigenvalue weighted by atomic mass is 10.2. The number of carbonyl (C=O) groups excluding carboxylic acids is 1. The summed E-state index contributed by atoms with van der Waals surface area (Å²) >= 11 is 0. The SMILES string of the molecule is COc1ccccc1NS(=O)(=O)c1cccc(C(=O)N/N=C\c2ccc(OCc3ccccc3)cc2)c1. The van der Waals surface area contributed by atoms with Crippen LogP contribution < -0.4 is 19.6 Å². The van der Waals surface area contributed by atoms with E-state index in [2.05, 4.69) is 15.2 Å². The summed E-state index contributed by atoms with van der Waals surface area (Å²) in [6.07, 6.45) is 1.49. The number of anilines is 1. The third-order valence-corrected chi connectivity index (χ3v) is 6.63. The fourth-order valence-corrected chi connectivity index (χ4v) is 4.47.